The Morgan fingerprint density at radius 3 is 2.68 bits per heavy atom. The first-order valence-corrected chi connectivity index (χ1v) is 8.04. The van der Waals surface area contributed by atoms with Crippen molar-refractivity contribution in [2.75, 3.05) is 36.5 Å². The summed E-state index contributed by atoms with van der Waals surface area (Å²) in [5.41, 5.74) is 2.63. The van der Waals surface area contributed by atoms with Crippen molar-refractivity contribution >= 4 is 23.0 Å². The van der Waals surface area contributed by atoms with Gasteiger partial charge in [-0.1, -0.05) is 12.1 Å². The van der Waals surface area contributed by atoms with Gasteiger partial charge in [0.05, 0.1) is 23.8 Å². The Hall–Kier alpha value is -2.93. The Bertz CT molecular complexity index is 801. The van der Waals surface area contributed by atoms with Gasteiger partial charge in [-0.05, 0) is 30.7 Å². The average Bonchev–Trinajstić information content (AvgIpc) is 2.64. The van der Waals surface area contributed by atoms with E-state index < -0.39 is 4.92 Å². The smallest absolute Gasteiger partial charge is 0.271 e. The minimum absolute atomic E-state index is 0.0528. The van der Waals surface area contributed by atoms with E-state index in [1.807, 2.05) is 18.2 Å². The third-order valence-electron chi connectivity index (χ3n) is 4.16. The Balaban J connectivity index is 1.79. The molecule has 0 aliphatic carbocycles. The molecule has 7 heteroatoms. The zero-order chi connectivity index (χ0) is 17.8. The van der Waals surface area contributed by atoms with E-state index in [9.17, 15) is 14.9 Å². The highest BCUT2D eigenvalue weighted by Gasteiger charge is 2.15. The van der Waals surface area contributed by atoms with Gasteiger partial charge >= 0.3 is 0 Å². The lowest BCUT2D eigenvalue weighted by Gasteiger charge is -2.29. The molecule has 1 amide bonds. The predicted octanol–water partition coefficient (Wildman–Crippen LogP) is 2.99. The van der Waals surface area contributed by atoms with Crippen molar-refractivity contribution in [3.63, 3.8) is 0 Å². The molecule has 25 heavy (non-hydrogen) atoms. The fourth-order valence-corrected chi connectivity index (χ4v) is 2.72. The maximum atomic E-state index is 12.6. The molecular weight excluding hydrogens is 322 g/mol. The normalized spacial score (nSPS) is 14.2. The van der Waals surface area contributed by atoms with Crippen molar-refractivity contribution in [3.8, 4) is 0 Å². The maximum Gasteiger partial charge on any atom is 0.271 e. The van der Waals surface area contributed by atoms with E-state index >= 15 is 0 Å². The van der Waals surface area contributed by atoms with E-state index in [0.717, 1.165) is 24.3 Å². The number of carbonyl (C=O) groups excluding carboxylic acids is 1. The molecule has 0 atom stereocenters. The van der Waals surface area contributed by atoms with Gasteiger partial charge < -0.3 is 15.0 Å². The number of aryl methyl sites for hydroxylation is 1. The van der Waals surface area contributed by atoms with Crippen molar-refractivity contribution in [2.45, 2.75) is 6.92 Å². The number of nitro benzene ring substituents is 1. The van der Waals surface area contributed by atoms with Crippen LogP contribution in [0.3, 0.4) is 0 Å². The third-order valence-corrected chi connectivity index (χ3v) is 4.16. The van der Waals surface area contributed by atoms with Crippen LogP contribution in [0.15, 0.2) is 42.5 Å². The number of anilines is 2. The number of ether oxygens (including phenoxy) is 1. The van der Waals surface area contributed by atoms with E-state index in [1.54, 1.807) is 19.1 Å². The average molecular weight is 341 g/mol. The van der Waals surface area contributed by atoms with Crippen LogP contribution in [0, 0.1) is 17.0 Å². The third kappa shape index (κ3) is 3.95. The summed E-state index contributed by atoms with van der Waals surface area (Å²) in [5.74, 6) is -0.293. The second-order valence-corrected chi connectivity index (χ2v) is 5.86. The minimum Gasteiger partial charge on any atom is -0.378 e. The number of nitrogens with zero attached hydrogens (tertiary/aromatic N) is 2. The molecule has 1 heterocycles. The first-order valence-electron chi connectivity index (χ1n) is 8.04. The van der Waals surface area contributed by atoms with Crippen LogP contribution in [0.1, 0.15) is 15.9 Å². The first kappa shape index (κ1) is 16.9. The van der Waals surface area contributed by atoms with Gasteiger partial charge in [-0.2, -0.15) is 0 Å². The number of morpholine rings is 1. The van der Waals surface area contributed by atoms with Crippen molar-refractivity contribution in [3.05, 3.63) is 63.7 Å². The standard InChI is InChI=1S/C18H19N3O4/c1-13-5-6-16(21(23)24)12-17(13)19-18(22)14-3-2-4-15(11-14)20-7-9-25-10-8-20/h2-6,11-12H,7-10H2,1H3,(H,19,22). The Morgan fingerprint density at radius 1 is 1.20 bits per heavy atom. The number of hydrogen-bond acceptors (Lipinski definition) is 5. The SMILES string of the molecule is Cc1ccc([N+](=O)[O-])cc1NC(=O)c1cccc(N2CCOCC2)c1. The highest BCUT2D eigenvalue weighted by Crippen LogP contribution is 2.23. The molecule has 1 aliphatic rings. The van der Waals surface area contributed by atoms with Crippen LogP contribution in [0.4, 0.5) is 17.1 Å². The van der Waals surface area contributed by atoms with Crippen LogP contribution in [0.25, 0.3) is 0 Å². The molecular formula is C18H19N3O4. The molecule has 1 fully saturated rings. The first-order chi connectivity index (χ1) is 12.0. The fraction of sp³-hybridized carbons (Fsp3) is 0.278. The molecule has 0 unspecified atom stereocenters. The molecule has 0 radical (unpaired) electrons. The summed E-state index contributed by atoms with van der Waals surface area (Å²) in [4.78, 5) is 25.2. The number of non-ortho nitro benzene ring substituents is 1. The monoisotopic (exact) mass is 341 g/mol. The number of hydrogen-bond donors (Lipinski definition) is 1. The van der Waals surface area contributed by atoms with Gasteiger partial charge in [0.25, 0.3) is 11.6 Å². The molecule has 2 aromatic rings. The van der Waals surface area contributed by atoms with Crippen molar-refractivity contribution < 1.29 is 14.5 Å². The summed E-state index contributed by atoms with van der Waals surface area (Å²) in [6, 6.07) is 11.8. The van der Waals surface area contributed by atoms with Crippen LogP contribution < -0.4 is 10.2 Å². The number of amides is 1. The quantitative estimate of drug-likeness (QED) is 0.682. The summed E-state index contributed by atoms with van der Waals surface area (Å²) in [7, 11) is 0. The lowest BCUT2D eigenvalue weighted by Crippen LogP contribution is -2.36. The second-order valence-electron chi connectivity index (χ2n) is 5.86. The molecule has 2 aromatic carbocycles. The highest BCUT2D eigenvalue weighted by atomic mass is 16.6. The fourth-order valence-electron chi connectivity index (χ4n) is 2.72. The molecule has 0 aromatic heterocycles. The number of benzene rings is 2. The molecule has 1 aliphatic heterocycles. The zero-order valence-corrected chi connectivity index (χ0v) is 13.9. The molecule has 0 spiro atoms. The van der Waals surface area contributed by atoms with Gasteiger partial charge in [0, 0.05) is 36.5 Å². The van der Waals surface area contributed by atoms with E-state index in [4.69, 9.17) is 4.74 Å². The minimum atomic E-state index is -0.478. The summed E-state index contributed by atoms with van der Waals surface area (Å²) in [5, 5.41) is 13.7. The van der Waals surface area contributed by atoms with Crippen molar-refractivity contribution in [2.24, 2.45) is 0 Å². The molecule has 0 saturated carbocycles. The van der Waals surface area contributed by atoms with Gasteiger partial charge in [0.15, 0.2) is 0 Å². The van der Waals surface area contributed by atoms with Gasteiger partial charge in [-0.3, -0.25) is 14.9 Å². The molecule has 7 nitrogen and oxygen atoms in total. The number of carbonyl (C=O) groups is 1. The number of nitrogens with one attached hydrogen (secondary N) is 1. The Labute approximate surface area is 145 Å². The van der Waals surface area contributed by atoms with E-state index in [-0.39, 0.29) is 11.6 Å². The Kier molecular flexibility index (Phi) is 4.95. The zero-order valence-electron chi connectivity index (χ0n) is 13.9. The van der Waals surface area contributed by atoms with Crippen LogP contribution >= 0.6 is 0 Å². The lowest BCUT2D eigenvalue weighted by molar-refractivity contribution is -0.384. The topological polar surface area (TPSA) is 84.7 Å². The maximum absolute atomic E-state index is 12.6. The van der Waals surface area contributed by atoms with Crippen molar-refractivity contribution in [1.82, 2.24) is 0 Å². The number of nitro groups is 1. The van der Waals surface area contributed by atoms with Crippen LogP contribution in [-0.2, 0) is 4.74 Å². The predicted molar refractivity (Wildman–Crippen MR) is 95.3 cm³/mol. The van der Waals surface area contributed by atoms with E-state index in [1.165, 1.54) is 12.1 Å². The molecule has 0 bridgehead atoms. The van der Waals surface area contributed by atoms with Crippen LogP contribution in [-0.4, -0.2) is 37.1 Å². The van der Waals surface area contributed by atoms with E-state index in [0.29, 0.717) is 24.5 Å². The van der Waals surface area contributed by atoms with Gasteiger partial charge in [0.2, 0.25) is 0 Å². The molecule has 1 saturated heterocycles. The number of rotatable bonds is 4. The second kappa shape index (κ2) is 7.31. The summed E-state index contributed by atoms with van der Waals surface area (Å²) in [6.07, 6.45) is 0. The molecule has 3 rings (SSSR count). The van der Waals surface area contributed by atoms with E-state index in [2.05, 4.69) is 10.2 Å². The molecule has 1 N–H and O–H groups in total. The van der Waals surface area contributed by atoms with Crippen LogP contribution in [0.2, 0.25) is 0 Å². The Morgan fingerprint density at radius 2 is 1.96 bits per heavy atom. The lowest BCUT2D eigenvalue weighted by atomic mass is 10.1. The van der Waals surface area contributed by atoms with Gasteiger partial charge in [-0.15, -0.1) is 0 Å². The summed E-state index contributed by atoms with van der Waals surface area (Å²) >= 11 is 0. The summed E-state index contributed by atoms with van der Waals surface area (Å²) in [6.45, 7) is 4.71. The van der Waals surface area contributed by atoms with Gasteiger partial charge in [0.1, 0.15) is 0 Å². The largest absolute Gasteiger partial charge is 0.378 e. The highest BCUT2D eigenvalue weighted by molar-refractivity contribution is 6.05. The summed E-state index contributed by atoms with van der Waals surface area (Å²) < 4.78 is 5.35. The van der Waals surface area contributed by atoms with Crippen molar-refractivity contribution in [1.29, 1.82) is 0 Å². The molecule has 130 valence electrons. The van der Waals surface area contributed by atoms with Gasteiger partial charge in [-0.25, -0.2) is 0 Å². The van der Waals surface area contributed by atoms with Crippen LogP contribution in [0.5, 0.6) is 0 Å².